The second-order valence-corrected chi connectivity index (χ2v) is 10.6. The molecule has 0 saturated carbocycles. The largest absolute Gasteiger partial charge is 0.469 e. The molecule has 33 heavy (non-hydrogen) atoms. The van der Waals surface area contributed by atoms with Gasteiger partial charge in [0.25, 0.3) is 10.0 Å². The summed E-state index contributed by atoms with van der Waals surface area (Å²) in [7, 11) is -3.75. The summed E-state index contributed by atoms with van der Waals surface area (Å²) in [4.78, 5) is 15.0. The normalized spacial score (nSPS) is 19.5. The lowest BCUT2D eigenvalue weighted by Crippen LogP contribution is -2.45. The molecule has 0 radical (unpaired) electrons. The molecule has 0 bridgehead atoms. The standard InChI is InChI=1S/C25H31N3O4S/c1-16-7-8-21(14-17(16)2)23-19(4)24(27-33(23,30)31)28-11-9-20(10-12-28)25(29)26-18(3)15-22-6-5-13-32-22/h5-8,13-14,18,20H,9-12,15H2,1-4H3,(H,26,29)/t18-/m0/s1. The van der Waals surface area contributed by atoms with Crippen LogP contribution < -0.4 is 5.32 Å². The average Bonchev–Trinajstić information content (AvgIpc) is 3.35. The number of carbonyl (C=O) groups excluding carboxylic acids is 1. The van der Waals surface area contributed by atoms with Crippen LogP contribution in [0, 0.1) is 19.8 Å². The molecule has 7 nitrogen and oxygen atoms in total. The molecular formula is C25H31N3O4S. The Kier molecular flexibility index (Phi) is 6.47. The number of likely N-dealkylation sites (tertiary alicyclic amines) is 1. The molecule has 8 heteroatoms. The zero-order chi connectivity index (χ0) is 23.8. The van der Waals surface area contributed by atoms with Crippen LogP contribution in [-0.2, 0) is 21.2 Å². The molecule has 1 atom stereocenters. The summed E-state index contributed by atoms with van der Waals surface area (Å²) in [5, 5.41) is 3.08. The highest BCUT2D eigenvalue weighted by atomic mass is 32.2. The summed E-state index contributed by atoms with van der Waals surface area (Å²) >= 11 is 0. The molecular weight excluding hydrogens is 438 g/mol. The van der Waals surface area contributed by atoms with Crippen LogP contribution in [0.4, 0.5) is 0 Å². The van der Waals surface area contributed by atoms with Gasteiger partial charge in [-0.25, -0.2) is 0 Å². The smallest absolute Gasteiger partial charge is 0.285 e. The predicted octanol–water partition coefficient (Wildman–Crippen LogP) is 3.83. The van der Waals surface area contributed by atoms with Crippen molar-refractivity contribution in [2.24, 2.45) is 10.3 Å². The summed E-state index contributed by atoms with van der Waals surface area (Å²) < 4.78 is 35.3. The third-order valence-electron chi connectivity index (χ3n) is 6.55. The number of hydrogen-bond acceptors (Lipinski definition) is 5. The van der Waals surface area contributed by atoms with E-state index < -0.39 is 10.0 Å². The van der Waals surface area contributed by atoms with E-state index in [1.165, 1.54) is 0 Å². The third kappa shape index (κ3) is 4.90. The minimum absolute atomic E-state index is 0.0169. The third-order valence-corrected chi connectivity index (χ3v) is 8.02. The van der Waals surface area contributed by atoms with Gasteiger partial charge < -0.3 is 14.6 Å². The van der Waals surface area contributed by atoms with E-state index in [1.54, 1.807) is 6.26 Å². The Bertz CT molecular complexity index is 1200. The van der Waals surface area contributed by atoms with E-state index in [9.17, 15) is 13.2 Å². The van der Waals surface area contributed by atoms with Crippen LogP contribution in [-0.4, -0.2) is 44.2 Å². The summed E-state index contributed by atoms with van der Waals surface area (Å²) in [6, 6.07) is 9.42. The molecule has 1 aromatic heterocycles. The van der Waals surface area contributed by atoms with Crippen molar-refractivity contribution in [1.82, 2.24) is 10.2 Å². The van der Waals surface area contributed by atoms with Crippen LogP contribution in [0.1, 0.15) is 49.1 Å². The van der Waals surface area contributed by atoms with Crippen molar-refractivity contribution >= 4 is 26.7 Å². The maximum absolute atomic E-state index is 12.9. The predicted molar refractivity (Wildman–Crippen MR) is 129 cm³/mol. The number of amidine groups is 1. The quantitative estimate of drug-likeness (QED) is 0.719. The van der Waals surface area contributed by atoms with Gasteiger partial charge in [0.1, 0.15) is 16.5 Å². The van der Waals surface area contributed by atoms with E-state index in [0.717, 1.165) is 16.9 Å². The van der Waals surface area contributed by atoms with Gasteiger partial charge in [0, 0.05) is 37.0 Å². The molecule has 4 rings (SSSR count). The van der Waals surface area contributed by atoms with Gasteiger partial charge in [-0.05, 0) is 69.4 Å². The Labute approximate surface area is 195 Å². The second-order valence-electron chi connectivity index (χ2n) is 9.10. The van der Waals surface area contributed by atoms with Crippen LogP contribution in [0.3, 0.4) is 0 Å². The first-order valence-corrected chi connectivity index (χ1v) is 12.8. The Morgan fingerprint density at radius 2 is 1.91 bits per heavy atom. The molecule has 2 aliphatic heterocycles. The van der Waals surface area contributed by atoms with E-state index in [4.69, 9.17) is 4.42 Å². The van der Waals surface area contributed by atoms with Crippen LogP contribution in [0.25, 0.3) is 4.91 Å². The van der Waals surface area contributed by atoms with Gasteiger partial charge in [-0.2, -0.15) is 8.42 Å². The average molecular weight is 470 g/mol. The lowest BCUT2D eigenvalue weighted by Gasteiger charge is -2.33. The van der Waals surface area contributed by atoms with E-state index in [1.807, 2.05) is 62.9 Å². The monoisotopic (exact) mass is 469 g/mol. The number of carbonyl (C=O) groups is 1. The Hall–Kier alpha value is -2.87. The van der Waals surface area contributed by atoms with Gasteiger partial charge in [0.05, 0.1) is 6.26 Å². The first-order chi connectivity index (χ1) is 15.7. The van der Waals surface area contributed by atoms with Crippen molar-refractivity contribution in [3.63, 3.8) is 0 Å². The van der Waals surface area contributed by atoms with Crippen molar-refractivity contribution in [2.45, 2.75) is 53.0 Å². The lowest BCUT2D eigenvalue weighted by atomic mass is 9.94. The first kappa shape index (κ1) is 23.3. The fourth-order valence-corrected chi connectivity index (χ4v) is 6.04. The molecule has 0 unspecified atom stereocenters. The van der Waals surface area contributed by atoms with Crippen molar-refractivity contribution in [3.8, 4) is 0 Å². The summed E-state index contributed by atoms with van der Waals surface area (Å²) in [6.07, 6.45) is 3.60. The van der Waals surface area contributed by atoms with Crippen molar-refractivity contribution in [3.05, 3.63) is 64.6 Å². The molecule has 0 aliphatic carbocycles. The van der Waals surface area contributed by atoms with E-state index in [2.05, 4.69) is 9.71 Å². The van der Waals surface area contributed by atoms with Crippen LogP contribution in [0.2, 0.25) is 0 Å². The summed E-state index contributed by atoms with van der Waals surface area (Å²) in [5.74, 6) is 1.30. The minimum atomic E-state index is -3.75. The zero-order valence-electron chi connectivity index (χ0n) is 19.6. The van der Waals surface area contributed by atoms with Gasteiger partial charge in [-0.1, -0.05) is 18.2 Å². The highest BCUT2D eigenvalue weighted by Gasteiger charge is 2.36. The van der Waals surface area contributed by atoms with Crippen LogP contribution in [0.15, 0.2) is 51.0 Å². The molecule has 0 spiro atoms. The number of hydrogen-bond donors (Lipinski definition) is 1. The lowest BCUT2D eigenvalue weighted by molar-refractivity contribution is -0.126. The number of sulfonamides is 1. The van der Waals surface area contributed by atoms with Crippen molar-refractivity contribution < 1.29 is 17.6 Å². The highest BCUT2D eigenvalue weighted by molar-refractivity contribution is 8.00. The fraction of sp³-hybridized carbons (Fsp3) is 0.440. The Morgan fingerprint density at radius 3 is 2.55 bits per heavy atom. The van der Waals surface area contributed by atoms with Crippen molar-refractivity contribution in [2.75, 3.05) is 13.1 Å². The van der Waals surface area contributed by atoms with Gasteiger partial charge in [0.2, 0.25) is 5.91 Å². The SMILES string of the molecule is CC1=C(c2ccc(C)c(C)c2)S(=O)(=O)N=C1N1CCC(C(=O)N[C@@H](C)Cc2ccco2)CC1. The number of nitrogens with zero attached hydrogens (tertiary/aromatic N) is 2. The van der Waals surface area contributed by atoms with Crippen LogP contribution >= 0.6 is 0 Å². The van der Waals surface area contributed by atoms with Gasteiger partial charge >= 0.3 is 0 Å². The first-order valence-electron chi connectivity index (χ1n) is 11.4. The zero-order valence-corrected chi connectivity index (χ0v) is 20.4. The number of piperidine rings is 1. The molecule has 1 amide bonds. The Morgan fingerprint density at radius 1 is 1.18 bits per heavy atom. The molecule has 2 aromatic rings. The number of nitrogens with one attached hydrogen (secondary N) is 1. The highest BCUT2D eigenvalue weighted by Crippen LogP contribution is 2.35. The molecule has 3 heterocycles. The molecule has 1 aromatic carbocycles. The van der Waals surface area contributed by atoms with Gasteiger partial charge in [-0.3, -0.25) is 4.79 Å². The minimum Gasteiger partial charge on any atom is -0.469 e. The molecule has 1 fully saturated rings. The van der Waals surface area contributed by atoms with Crippen LogP contribution in [0.5, 0.6) is 0 Å². The summed E-state index contributed by atoms with van der Waals surface area (Å²) in [6.45, 7) is 8.96. The number of rotatable bonds is 5. The molecule has 176 valence electrons. The van der Waals surface area contributed by atoms with E-state index in [0.29, 0.717) is 49.3 Å². The van der Waals surface area contributed by atoms with Crippen molar-refractivity contribution in [1.29, 1.82) is 0 Å². The topological polar surface area (TPSA) is 92.0 Å². The number of aryl methyl sites for hydroxylation is 2. The number of furan rings is 1. The molecule has 2 aliphatic rings. The second kappa shape index (κ2) is 9.17. The summed E-state index contributed by atoms with van der Waals surface area (Å²) in [5.41, 5.74) is 3.51. The maximum atomic E-state index is 12.9. The van der Waals surface area contributed by atoms with Gasteiger partial charge in [-0.15, -0.1) is 4.40 Å². The number of amides is 1. The van der Waals surface area contributed by atoms with Gasteiger partial charge in [0.15, 0.2) is 0 Å². The Balaban J connectivity index is 1.41. The maximum Gasteiger partial charge on any atom is 0.285 e. The molecule has 1 saturated heterocycles. The number of benzene rings is 1. The van der Waals surface area contributed by atoms with E-state index >= 15 is 0 Å². The molecule has 1 N–H and O–H groups in total. The van der Waals surface area contributed by atoms with E-state index in [-0.39, 0.29) is 22.8 Å². The fourth-order valence-electron chi connectivity index (χ4n) is 4.56.